The van der Waals surface area contributed by atoms with Crippen LogP contribution in [0.25, 0.3) is 0 Å². The lowest BCUT2D eigenvalue weighted by molar-refractivity contribution is -0.142. The van der Waals surface area contributed by atoms with E-state index < -0.39 is 5.92 Å². The fraction of sp³-hybridized carbons (Fsp3) is 0.167. The van der Waals surface area contributed by atoms with Crippen molar-refractivity contribution in [1.29, 1.82) is 5.26 Å². The van der Waals surface area contributed by atoms with Crippen molar-refractivity contribution in [3.8, 4) is 11.8 Å². The molecule has 0 fully saturated rings. The molecule has 0 saturated heterocycles. The smallest absolute Gasteiger partial charge is 0.313 e. The van der Waals surface area contributed by atoms with Crippen LogP contribution >= 0.6 is 0 Å². The van der Waals surface area contributed by atoms with Gasteiger partial charge in [-0.25, -0.2) is 0 Å². The quantitative estimate of drug-likeness (QED) is 0.568. The van der Waals surface area contributed by atoms with E-state index in [1.165, 1.54) is 7.11 Å². The third-order valence-corrected chi connectivity index (χ3v) is 4.52. The van der Waals surface area contributed by atoms with E-state index in [1.807, 2.05) is 60.7 Å². The number of hydrogen-bond acceptors (Lipinski definition) is 4. The maximum Gasteiger partial charge on any atom is 0.313 e. The van der Waals surface area contributed by atoms with Crippen molar-refractivity contribution in [2.45, 2.75) is 18.9 Å². The third-order valence-electron chi connectivity index (χ3n) is 4.52. The molecule has 3 aromatic carbocycles. The Labute approximate surface area is 165 Å². The molecule has 1 atom stereocenters. The zero-order valence-corrected chi connectivity index (χ0v) is 15.7. The molecule has 0 amide bonds. The van der Waals surface area contributed by atoms with Crippen LogP contribution in [0.15, 0.2) is 78.9 Å². The van der Waals surface area contributed by atoms with Gasteiger partial charge in [-0.05, 0) is 35.7 Å². The van der Waals surface area contributed by atoms with Crippen LogP contribution < -0.4 is 4.74 Å². The van der Waals surface area contributed by atoms with E-state index in [0.717, 1.165) is 11.1 Å². The van der Waals surface area contributed by atoms with Crippen molar-refractivity contribution in [2.24, 2.45) is 0 Å². The van der Waals surface area contributed by atoms with Gasteiger partial charge >= 0.3 is 5.97 Å². The van der Waals surface area contributed by atoms with E-state index in [9.17, 15) is 10.1 Å². The lowest BCUT2D eigenvalue weighted by atomic mass is 9.90. The number of ether oxygens (including phenoxy) is 2. The van der Waals surface area contributed by atoms with Gasteiger partial charge in [0.05, 0.1) is 24.7 Å². The maximum atomic E-state index is 12.6. The molecule has 28 heavy (non-hydrogen) atoms. The summed E-state index contributed by atoms with van der Waals surface area (Å²) in [6.07, 6.45) is 0.462. The van der Waals surface area contributed by atoms with Crippen molar-refractivity contribution >= 4 is 5.97 Å². The number of benzene rings is 3. The fourth-order valence-corrected chi connectivity index (χ4v) is 3.07. The summed E-state index contributed by atoms with van der Waals surface area (Å²) >= 11 is 0. The van der Waals surface area contributed by atoms with Crippen LogP contribution in [0.2, 0.25) is 0 Å². The Bertz CT molecular complexity index is 962. The Hall–Kier alpha value is -3.58. The number of rotatable bonds is 7. The number of carbonyl (C=O) groups is 1. The Morgan fingerprint density at radius 3 is 2.21 bits per heavy atom. The van der Waals surface area contributed by atoms with Crippen molar-refractivity contribution in [3.05, 3.63) is 101 Å². The highest BCUT2D eigenvalue weighted by molar-refractivity contribution is 5.79. The number of methoxy groups -OCH3 is 1. The molecule has 0 spiro atoms. The second-order valence-electron chi connectivity index (χ2n) is 6.40. The highest BCUT2D eigenvalue weighted by Gasteiger charge is 2.26. The van der Waals surface area contributed by atoms with Crippen LogP contribution in [0.3, 0.4) is 0 Å². The number of nitriles is 1. The first-order valence-electron chi connectivity index (χ1n) is 9.04. The molecule has 4 nitrogen and oxygen atoms in total. The Balaban J connectivity index is 1.94. The van der Waals surface area contributed by atoms with Gasteiger partial charge in [0, 0.05) is 5.56 Å². The van der Waals surface area contributed by atoms with Gasteiger partial charge in [0.1, 0.15) is 12.4 Å². The molecule has 0 bridgehead atoms. The van der Waals surface area contributed by atoms with E-state index >= 15 is 0 Å². The molecule has 0 saturated carbocycles. The Morgan fingerprint density at radius 2 is 1.61 bits per heavy atom. The molecular weight excluding hydrogens is 350 g/mol. The van der Waals surface area contributed by atoms with E-state index in [-0.39, 0.29) is 5.97 Å². The SMILES string of the molecule is COC(=O)C(Cc1ccccc1)c1cc(C#N)ccc1OCc1ccccc1. The van der Waals surface area contributed by atoms with E-state index in [0.29, 0.717) is 29.9 Å². The van der Waals surface area contributed by atoms with Crippen molar-refractivity contribution in [3.63, 3.8) is 0 Å². The van der Waals surface area contributed by atoms with Gasteiger partial charge in [0.2, 0.25) is 0 Å². The Morgan fingerprint density at radius 1 is 0.964 bits per heavy atom. The highest BCUT2D eigenvalue weighted by Crippen LogP contribution is 2.32. The molecule has 0 aromatic heterocycles. The van der Waals surface area contributed by atoms with Crippen LogP contribution in [0.5, 0.6) is 5.75 Å². The van der Waals surface area contributed by atoms with Gasteiger partial charge in [-0.3, -0.25) is 4.79 Å². The predicted molar refractivity (Wildman–Crippen MR) is 107 cm³/mol. The molecule has 3 aromatic rings. The zero-order chi connectivity index (χ0) is 19.8. The van der Waals surface area contributed by atoms with E-state index in [1.54, 1.807) is 18.2 Å². The summed E-state index contributed by atoms with van der Waals surface area (Å²) in [5.41, 5.74) is 3.17. The molecular formula is C24H21NO3. The summed E-state index contributed by atoms with van der Waals surface area (Å²) in [6, 6.07) is 26.8. The van der Waals surface area contributed by atoms with Gasteiger partial charge in [0.15, 0.2) is 0 Å². The van der Waals surface area contributed by atoms with Crippen molar-refractivity contribution in [1.82, 2.24) is 0 Å². The summed E-state index contributed by atoms with van der Waals surface area (Å²) in [7, 11) is 1.37. The molecule has 3 rings (SSSR count). The van der Waals surface area contributed by atoms with Gasteiger partial charge in [-0.1, -0.05) is 60.7 Å². The average molecular weight is 371 g/mol. The molecule has 0 heterocycles. The second-order valence-corrected chi connectivity index (χ2v) is 6.40. The molecule has 140 valence electrons. The van der Waals surface area contributed by atoms with Crippen molar-refractivity contribution < 1.29 is 14.3 Å². The largest absolute Gasteiger partial charge is 0.489 e. The molecule has 0 aliphatic carbocycles. The first-order chi connectivity index (χ1) is 13.7. The highest BCUT2D eigenvalue weighted by atomic mass is 16.5. The zero-order valence-electron chi connectivity index (χ0n) is 15.7. The van der Waals surface area contributed by atoms with Crippen LogP contribution in [0, 0.1) is 11.3 Å². The molecule has 1 unspecified atom stereocenters. The van der Waals surface area contributed by atoms with Crippen LogP contribution in [0.4, 0.5) is 0 Å². The van der Waals surface area contributed by atoms with E-state index in [2.05, 4.69) is 6.07 Å². The number of nitrogens with zero attached hydrogens (tertiary/aromatic N) is 1. The minimum Gasteiger partial charge on any atom is -0.489 e. The van der Waals surface area contributed by atoms with Gasteiger partial charge in [-0.15, -0.1) is 0 Å². The van der Waals surface area contributed by atoms with Gasteiger partial charge < -0.3 is 9.47 Å². The number of hydrogen-bond donors (Lipinski definition) is 0. The maximum absolute atomic E-state index is 12.6. The second kappa shape index (κ2) is 9.38. The summed E-state index contributed by atoms with van der Waals surface area (Å²) in [6.45, 7) is 0.374. The number of esters is 1. The minimum atomic E-state index is -0.563. The summed E-state index contributed by atoms with van der Waals surface area (Å²) in [5, 5.41) is 9.32. The predicted octanol–water partition coefficient (Wildman–Crippen LogP) is 4.64. The first kappa shape index (κ1) is 19.2. The van der Waals surface area contributed by atoms with Crippen LogP contribution in [0.1, 0.15) is 28.2 Å². The van der Waals surface area contributed by atoms with Crippen LogP contribution in [-0.4, -0.2) is 13.1 Å². The molecule has 0 N–H and O–H groups in total. The lowest BCUT2D eigenvalue weighted by Crippen LogP contribution is -2.18. The fourth-order valence-electron chi connectivity index (χ4n) is 3.07. The molecule has 4 heteroatoms. The van der Waals surface area contributed by atoms with Crippen molar-refractivity contribution in [2.75, 3.05) is 7.11 Å². The van der Waals surface area contributed by atoms with Gasteiger partial charge in [-0.2, -0.15) is 5.26 Å². The molecule has 0 radical (unpaired) electrons. The van der Waals surface area contributed by atoms with Crippen LogP contribution in [-0.2, 0) is 22.6 Å². The van der Waals surface area contributed by atoms with E-state index in [4.69, 9.17) is 9.47 Å². The molecule has 0 aliphatic rings. The summed E-state index contributed by atoms with van der Waals surface area (Å²) < 4.78 is 11.1. The third kappa shape index (κ3) is 4.77. The molecule has 0 aliphatic heterocycles. The standard InChI is InChI=1S/C24H21NO3/c1-27-24(26)22(14-18-8-4-2-5-9-18)21-15-20(16-25)12-13-23(21)28-17-19-10-6-3-7-11-19/h2-13,15,22H,14,17H2,1H3. The minimum absolute atomic E-state index is 0.358. The number of carbonyl (C=O) groups excluding carboxylic acids is 1. The summed E-state index contributed by atoms with van der Waals surface area (Å²) in [5.74, 6) is -0.343. The summed E-state index contributed by atoms with van der Waals surface area (Å²) in [4.78, 5) is 12.6. The normalized spacial score (nSPS) is 11.3. The van der Waals surface area contributed by atoms with Gasteiger partial charge in [0.25, 0.3) is 0 Å². The topological polar surface area (TPSA) is 59.3 Å². The Kier molecular flexibility index (Phi) is 6.43. The first-order valence-corrected chi connectivity index (χ1v) is 9.04. The lowest BCUT2D eigenvalue weighted by Gasteiger charge is -2.19. The monoisotopic (exact) mass is 371 g/mol. The average Bonchev–Trinajstić information content (AvgIpc) is 2.77.